The quantitative estimate of drug-likeness (QED) is 0.860. The zero-order valence-corrected chi connectivity index (χ0v) is 14.8. The van der Waals surface area contributed by atoms with E-state index in [1.165, 1.54) is 18.6 Å². The summed E-state index contributed by atoms with van der Waals surface area (Å²) in [5.74, 6) is -0.139. The molecule has 0 atom stereocenters. The second kappa shape index (κ2) is 8.28. The van der Waals surface area contributed by atoms with E-state index in [4.69, 9.17) is 0 Å². The molecule has 1 aliphatic carbocycles. The number of carbonyl (C=O) groups excluding carboxylic acids is 1. The van der Waals surface area contributed by atoms with Crippen molar-refractivity contribution >= 4 is 5.91 Å². The monoisotopic (exact) mass is 348 g/mol. The van der Waals surface area contributed by atoms with Crippen LogP contribution in [0, 0.1) is 11.7 Å². The van der Waals surface area contributed by atoms with Gasteiger partial charge in [-0.3, -0.25) is 4.79 Å². The van der Waals surface area contributed by atoms with E-state index in [0.29, 0.717) is 6.54 Å². The Hall–Kier alpha value is -1.46. The Morgan fingerprint density at radius 2 is 1.80 bits per heavy atom. The molecule has 1 aromatic carbocycles. The van der Waals surface area contributed by atoms with E-state index in [-0.39, 0.29) is 17.6 Å². The van der Waals surface area contributed by atoms with Crippen LogP contribution < -0.4 is 5.32 Å². The Kier molecular flexibility index (Phi) is 6.07. The van der Waals surface area contributed by atoms with E-state index in [9.17, 15) is 14.3 Å². The van der Waals surface area contributed by atoms with Crippen LogP contribution in [0.1, 0.15) is 50.5 Å². The molecule has 2 N–H and O–H groups in total. The number of halogens is 1. The normalized spacial score (nSPS) is 21.8. The van der Waals surface area contributed by atoms with E-state index < -0.39 is 5.60 Å². The summed E-state index contributed by atoms with van der Waals surface area (Å²) in [5, 5.41) is 13.6. The maximum Gasteiger partial charge on any atom is 0.223 e. The van der Waals surface area contributed by atoms with E-state index in [1.807, 2.05) is 0 Å². The van der Waals surface area contributed by atoms with Gasteiger partial charge in [0.25, 0.3) is 0 Å². The zero-order valence-electron chi connectivity index (χ0n) is 14.8. The van der Waals surface area contributed by atoms with Gasteiger partial charge in [-0.2, -0.15) is 0 Å². The summed E-state index contributed by atoms with van der Waals surface area (Å²) in [6, 6.07) is 6.22. The standard InChI is InChI=1S/C20H29FN2O2/c21-18-6-4-16(5-7-18)14-22-19(24)17-8-12-23(13-9-17)15-20(25)10-2-1-3-11-20/h4-7,17,25H,1-3,8-15H2,(H,22,24). The van der Waals surface area contributed by atoms with Gasteiger partial charge >= 0.3 is 0 Å². The van der Waals surface area contributed by atoms with Gasteiger partial charge in [0.05, 0.1) is 5.60 Å². The van der Waals surface area contributed by atoms with Gasteiger partial charge in [-0.05, 0) is 56.5 Å². The van der Waals surface area contributed by atoms with Crippen molar-refractivity contribution in [2.45, 2.75) is 57.1 Å². The number of amides is 1. The summed E-state index contributed by atoms with van der Waals surface area (Å²) >= 11 is 0. The number of hydrogen-bond donors (Lipinski definition) is 2. The topological polar surface area (TPSA) is 52.6 Å². The van der Waals surface area contributed by atoms with Crippen molar-refractivity contribution in [2.75, 3.05) is 19.6 Å². The van der Waals surface area contributed by atoms with Crippen LogP contribution in [-0.2, 0) is 11.3 Å². The van der Waals surface area contributed by atoms with Crippen molar-refractivity contribution in [2.24, 2.45) is 5.92 Å². The highest BCUT2D eigenvalue weighted by molar-refractivity contribution is 5.78. The largest absolute Gasteiger partial charge is 0.389 e. The molecule has 4 nitrogen and oxygen atoms in total. The number of rotatable bonds is 5. The van der Waals surface area contributed by atoms with E-state index in [0.717, 1.165) is 63.7 Å². The molecule has 0 bridgehead atoms. The van der Waals surface area contributed by atoms with E-state index in [1.54, 1.807) is 12.1 Å². The summed E-state index contributed by atoms with van der Waals surface area (Å²) in [6.07, 6.45) is 6.98. The molecule has 3 rings (SSSR count). The number of hydrogen-bond acceptors (Lipinski definition) is 3. The molecule has 1 amide bonds. The summed E-state index contributed by atoms with van der Waals surface area (Å²) in [4.78, 5) is 14.7. The first-order chi connectivity index (χ1) is 12.0. The minimum Gasteiger partial charge on any atom is -0.389 e. The summed E-state index contributed by atoms with van der Waals surface area (Å²) in [5.41, 5.74) is 0.391. The molecule has 1 aliphatic heterocycles. The number of benzene rings is 1. The van der Waals surface area contributed by atoms with Gasteiger partial charge in [0, 0.05) is 19.0 Å². The lowest BCUT2D eigenvalue weighted by Gasteiger charge is -2.39. The van der Waals surface area contributed by atoms with Gasteiger partial charge in [-0.15, -0.1) is 0 Å². The molecule has 0 unspecified atom stereocenters. The molecule has 0 spiro atoms. The fraction of sp³-hybridized carbons (Fsp3) is 0.650. The highest BCUT2D eigenvalue weighted by Crippen LogP contribution is 2.30. The molecule has 138 valence electrons. The minimum absolute atomic E-state index is 0.0395. The highest BCUT2D eigenvalue weighted by atomic mass is 19.1. The van der Waals surface area contributed by atoms with Crippen molar-refractivity contribution in [1.82, 2.24) is 10.2 Å². The predicted molar refractivity (Wildman–Crippen MR) is 95.4 cm³/mol. The number of nitrogens with one attached hydrogen (secondary N) is 1. The molecular formula is C20H29FN2O2. The van der Waals surface area contributed by atoms with E-state index >= 15 is 0 Å². The van der Waals surface area contributed by atoms with Crippen LogP contribution in [0.15, 0.2) is 24.3 Å². The molecule has 5 heteroatoms. The number of aliphatic hydroxyl groups is 1. The van der Waals surface area contributed by atoms with Crippen LogP contribution >= 0.6 is 0 Å². The molecule has 1 saturated heterocycles. The summed E-state index contributed by atoms with van der Waals surface area (Å²) in [6.45, 7) is 2.93. The molecule has 1 aromatic rings. The van der Waals surface area contributed by atoms with Crippen molar-refractivity contribution in [3.63, 3.8) is 0 Å². The van der Waals surface area contributed by atoms with Crippen LogP contribution in [-0.4, -0.2) is 41.1 Å². The molecule has 0 aromatic heterocycles. The second-order valence-electron chi connectivity index (χ2n) is 7.68. The average Bonchev–Trinajstić information content (AvgIpc) is 2.62. The second-order valence-corrected chi connectivity index (χ2v) is 7.68. The highest BCUT2D eigenvalue weighted by Gasteiger charge is 2.33. The van der Waals surface area contributed by atoms with Crippen molar-refractivity contribution < 1.29 is 14.3 Å². The van der Waals surface area contributed by atoms with Gasteiger partial charge in [0.2, 0.25) is 5.91 Å². The smallest absolute Gasteiger partial charge is 0.223 e. The zero-order chi connectivity index (χ0) is 17.7. The molecule has 2 aliphatic rings. The number of nitrogens with zero attached hydrogens (tertiary/aromatic N) is 1. The number of piperidine rings is 1. The third kappa shape index (κ3) is 5.25. The van der Waals surface area contributed by atoms with E-state index in [2.05, 4.69) is 10.2 Å². The lowest BCUT2D eigenvalue weighted by atomic mass is 9.84. The molecule has 25 heavy (non-hydrogen) atoms. The number of β-amino-alcohol motifs (C(OH)–C–C–N with tert-alkyl or cyclic N) is 1. The first-order valence-electron chi connectivity index (χ1n) is 9.51. The minimum atomic E-state index is -0.518. The van der Waals surface area contributed by atoms with Crippen molar-refractivity contribution in [3.05, 3.63) is 35.6 Å². The lowest BCUT2D eigenvalue weighted by molar-refractivity contribution is -0.127. The fourth-order valence-corrected chi connectivity index (χ4v) is 4.07. The van der Waals surface area contributed by atoms with Crippen molar-refractivity contribution in [3.8, 4) is 0 Å². The van der Waals surface area contributed by atoms with Crippen LogP contribution in [0.25, 0.3) is 0 Å². The van der Waals surface area contributed by atoms with Crippen LogP contribution in [0.4, 0.5) is 4.39 Å². The Morgan fingerprint density at radius 3 is 2.44 bits per heavy atom. The first-order valence-corrected chi connectivity index (χ1v) is 9.51. The Bertz CT molecular complexity index is 562. The van der Waals surface area contributed by atoms with Gasteiger partial charge in [0.15, 0.2) is 0 Å². The Labute approximate surface area is 149 Å². The van der Waals surface area contributed by atoms with Gasteiger partial charge in [-0.1, -0.05) is 31.4 Å². The summed E-state index contributed by atoms with van der Waals surface area (Å²) < 4.78 is 12.9. The molecular weight excluding hydrogens is 319 g/mol. The fourth-order valence-electron chi connectivity index (χ4n) is 4.07. The Balaban J connectivity index is 1.40. The van der Waals surface area contributed by atoms with Crippen molar-refractivity contribution in [1.29, 1.82) is 0 Å². The third-order valence-corrected chi connectivity index (χ3v) is 5.64. The summed E-state index contributed by atoms with van der Waals surface area (Å²) in [7, 11) is 0. The average molecular weight is 348 g/mol. The molecule has 0 radical (unpaired) electrons. The first kappa shape index (κ1) is 18.3. The van der Waals surface area contributed by atoms with Gasteiger partial charge in [-0.25, -0.2) is 4.39 Å². The van der Waals surface area contributed by atoms with Crippen LogP contribution in [0.5, 0.6) is 0 Å². The molecule has 1 heterocycles. The number of likely N-dealkylation sites (tertiary alicyclic amines) is 1. The third-order valence-electron chi connectivity index (χ3n) is 5.64. The van der Waals surface area contributed by atoms with Crippen LogP contribution in [0.3, 0.4) is 0 Å². The SMILES string of the molecule is O=C(NCc1ccc(F)cc1)C1CCN(CC2(O)CCCCC2)CC1. The molecule has 2 fully saturated rings. The maximum atomic E-state index is 12.9. The van der Waals surface area contributed by atoms with Gasteiger partial charge in [0.1, 0.15) is 5.82 Å². The van der Waals surface area contributed by atoms with Gasteiger partial charge < -0.3 is 15.3 Å². The maximum absolute atomic E-state index is 12.9. The number of carbonyl (C=O) groups is 1. The predicted octanol–water partition coefficient (Wildman–Crippen LogP) is 2.85. The molecule has 1 saturated carbocycles. The lowest BCUT2D eigenvalue weighted by Crippen LogP contribution is -2.48. The van der Waals surface area contributed by atoms with Crippen LogP contribution in [0.2, 0.25) is 0 Å². The Morgan fingerprint density at radius 1 is 1.16 bits per heavy atom.